The number of carboxylic acid groups (broad SMARTS) is 1. The van der Waals surface area contributed by atoms with E-state index >= 15 is 0 Å². The molecule has 150 valence electrons. The van der Waals surface area contributed by atoms with E-state index in [4.69, 9.17) is 5.11 Å². The van der Waals surface area contributed by atoms with Crippen LogP contribution in [0, 0.1) is 5.82 Å². The monoisotopic (exact) mass is 461 g/mol. The Morgan fingerprint density at radius 2 is 1.66 bits per heavy atom. The lowest BCUT2D eigenvalue weighted by Gasteiger charge is -2.25. The molecule has 29 heavy (non-hydrogen) atoms. The van der Waals surface area contributed by atoms with Crippen molar-refractivity contribution in [2.24, 2.45) is 0 Å². The Bertz CT molecular complexity index is 985. The number of carboxylic acids is 1. The first kappa shape index (κ1) is 20.7. The van der Waals surface area contributed by atoms with Crippen molar-refractivity contribution in [3.63, 3.8) is 0 Å². The highest BCUT2D eigenvalue weighted by atomic mass is 79.9. The number of hydrogen-bond donors (Lipinski definition) is 2. The minimum atomic E-state index is -1.02. The van der Waals surface area contributed by atoms with Crippen LogP contribution in [-0.2, 0) is 14.4 Å². The van der Waals surface area contributed by atoms with Gasteiger partial charge in [0.15, 0.2) is 0 Å². The second-order valence-corrected chi connectivity index (χ2v) is 7.46. The molecule has 1 amide bonds. The van der Waals surface area contributed by atoms with Gasteiger partial charge in [0.05, 0.1) is 11.6 Å². The highest BCUT2D eigenvalue weighted by Crippen LogP contribution is 2.39. The number of hydrogen-bond acceptors (Lipinski definition) is 4. The SMILES string of the molecule is O=C(O)CCCN1C(=O)C(=O)C(=C(O)c2ccc(Br)cc2)[C@@H]1c1ccc(F)cc1. The molecule has 1 saturated heterocycles. The number of Topliss-reactive ketones (excluding diaryl/α,β-unsaturated/α-hetero) is 1. The van der Waals surface area contributed by atoms with E-state index in [0.717, 1.165) is 4.47 Å². The Morgan fingerprint density at radius 1 is 1.03 bits per heavy atom. The first-order valence-corrected chi connectivity index (χ1v) is 9.60. The molecular weight excluding hydrogens is 445 g/mol. The van der Waals surface area contributed by atoms with E-state index in [1.165, 1.54) is 29.2 Å². The number of aliphatic carboxylic acids is 1. The zero-order valence-electron chi connectivity index (χ0n) is 15.1. The van der Waals surface area contributed by atoms with Gasteiger partial charge in [-0.05, 0) is 36.2 Å². The van der Waals surface area contributed by atoms with Gasteiger partial charge in [0, 0.05) is 23.0 Å². The van der Waals surface area contributed by atoms with Crippen LogP contribution in [0.25, 0.3) is 5.76 Å². The third-order valence-electron chi connectivity index (χ3n) is 4.63. The van der Waals surface area contributed by atoms with Gasteiger partial charge >= 0.3 is 5.97 Å². The number of aliphatic hydroxyl groups excluding tert-OH is 1. The van der Waals surface area contributed by atoms with E-state index in [1.54, 1.807) is 24.3 Å². The molecule has 0 aromatic heterocycles. The topological polar surface area (TPSA) is 94.9 Å². The normalized spacial score (nSPS) is 18.3. The highest BCUT2D eigenvalue weighted by Gasteiger charge is 2.45. The summed E-state index contributed by atoms with van der Waals surface area (Å²) in [5.41, 5.74) is 0.683. The summed E-state index contributed by atoms with van der Waals surface area (Å²) in [7, 11) is 0. The number of likely N-dealkylation sites (tertiary alicyclic amines) is 1. The molecule has 8 heteroatoms. The van der Waals surface area contributed by atoms with Gasteiger partial charge in [-0.2, -0.15) is 0 Å². The molecule has 0 radical (unpaired) electrons. The maximum atomic E-state index is 13.4. The molecule has 3 rings (SSSR count). The van der Waals surface area contributed by atoms with Crippen LogP contribution >= 0.6 is 15.9 Å². The van der Waals surface area contributed by atoms with Gasteiger partial charge in [-0.1, -0.05) is 40.2 Å². The van der Waals surface area contributed by atoms with Crippen molar-refractivity contribution in [3.8, 4) is 0 Å². The van der Waals surface area contributed by atoms with Crippen molar-refractivity contribution in [1.82, 2.24) is 4.90 Å². The third-order valence-corrected chi connectivity index (χ3v) is 5.16. The maximum absolute atomic E-state index is 13.4. The van der Waals surface area contributed by atoms with Crippen LogP contribution < -0.4 is 0 Å². The standard InChI is InChI=1S/C21H17BrFNO5/c22-14-7-3-13(4-8-14)19(27)17-18(12-5-9-15(23)10-6-12)24(21(29)20(17)28)11-1-2-16(25)26/h3-10,18,27H,1-2,11H2,(H,25,26)/t18-/m0/s1. The number of ketones is 1. The molecule has 1 aliphatic rings. The summed E-state index contributed by atoms with van der Waals surface area (Å²) in [6, 6.07) is 10.9. The fourth-order valence-corrected chi connectivity index (χ4v) is 3.53. The number of benzene rings is 2. The van der Waals surface area contributed by atoms with Crippen LogP contribution in [0.4, 0.5) is 4.39 Å². The van der Waals surface area contributed by atoms with Crippen LogP contribution in [0.3, 0.4) is 0 Å². The summed E-state index contributed by atoms with van der Waals surface area (Å²) in [5, 5.41) is 19.7. The largest absolute Gasteiger partial charge is 0.507 e. The fraction of sp³-hybridized carbons (Fsp3) is 0.190. The van der Waals surface area contributed by atoms with Crippen molar-refractivity contribution in [1.29, 1.82) is 0 Å². The zero-order valence-corrected chi connectivity index (χ0v) is 16.7. The zero-order chi connectivity index (χ0) is 21.1. The molecule has 1 atom stereocenters. The Morgan fingerprint density at radius 3 is 2.24 bits per heavy atom. The molecule has 0 saturated carbocycles. The van der Waals surface area contributed by atoms with Gasteiger partial charge in [-0.15, -0.1) is 0 Å². The number of halogens is 2. The molecule has 1 fully saturated rings. The number of carbonyl (C=O) groups excluding carboxylic acids is 2. The summed E-state index contributed by atoms with van der Waals surface area (Å²) >= 11 is 3.29. The predicted octanol–water partition coefficient (Wildman–Crippen LogP) is 3.87. The minimum absolute atomic E-state index is 0.00995. The molecule has 0 spiro atoms. The average molecular weight is 462 g/mol. The van der Waals surface area contributed by atoms with Gasteiger partial charge in [0.1, 0.15) is 11.6 Å². The number of carbonyl (C=O) groups is 3. The molecule has 2 N–H and O–H groups in total. The Balaban J connectivity index is 2.08. The van der Waals surface area contributed by atoms with E-state index < -0.39 is 29.5 Å². The molecular formula is C21H17BrFNO5. The Hall–Kier alpha value is -3.00. The second kappa shape index (κ2) is 8.57. The molecule has 0 unspecified atom stereocenters. The number of amides is 1. The molecule has 1 aliphatic heterocycles. The summed E-state index contributed by atoms with van der Waals surface area (Å²) in [4.78, 5) is 37.4. The van der Waals surface area contributed by atoms with Crippen LogP contribution in [0.1, 0.15) is 30.0 Å². The summed E-state index contributed by atoms with van der Waals surface area (Å²) in [5.74, 6) is -3.54. The lowest BCUT2D eigenvalue weighted by atomic mass is 9.95. The smallest absolute Gasteiger partial charge is 0.303 e. The summed E-state index contributed by atoms with van der Waals surface area (Å²) < 4.78 is 14.2. The minimum Gasteiger partial charge on any atom is -0.507 e. The fourth-order valence-electron chi connectivity index (χ4n) is 3.27. The Kier molecular flexibility index (Phi) is 6.12. The highest BCUT2D eigenvalue weighted by molar-refractivity contribution is 9.10. The first-order chi connectivity index (χ1) is 13.8. The molecule has 2 aromatic carbocycles. The molecule has 1 heterocycles. The number of aliphatic hydroxyl groups is 1. The molecule has 2 aromatic rings. The Labute approximate surface area is 174 Å². The molecule has 0 aliphatic carbocycles. The first-order valence-electron chi connectivity index (χ1n) is 8.81. The average Bonchev–Trinajstić information content (AvgIpc) is 2.93. The van der Waals surface area contributed by atoms with Crippen molar-refractivity contribution in [2.45, 2.75) is 18.9 Å². The van der Waals surface area contributed by atoms with E-state index in [2.05, 4.69) is 15.9 Å². The van der Waals surface area contributed by atoms with E-state index in [1.807, 2.05) is 0 Å². The van der Waals surface area contributed by atoms with Crippen LogP contribution in [0.5, 0.6) is 0 Å². The second-order valence-electron chi connectivity index (χ2n) is 6.55. The lowest BCUT2D eigenvalue weighted by molar-refractivity contribution is -0.140. The van der Waals surface area contributed by atoms with Crippen molar-refractivity contribution < 1.29 is 29.0 Å². The van der Waals surface area contributed by atoms with Crippen molar-refractivity contribution >= 4 is 39.3 Å². The van der Waals surface area contributed by atoms with E-state index in [9.17, 15) is 23.9 Å². The number of rotatable bonds is 6. The van der Waals surface area contributed by atoms with Crippen molar-refractivity contribution in [3.05, 3.63) is 75.5 Å². The molecule has 6 nitrogen and oxygen atoms in total. The van der Waals surface area contributed by atoms with Gasteiger partial charge in [0.25, 0.3) is 11.7 Å². The lowest BCUT2D eigenvalue weighted by Crippen LogP contribution is -2.31. The summed E-state index contributed by atoms with van der Waals surface area (Å²) in [6.07, 6.45) is -0.0375. The van der Waals surface area contributed by atoms with Crippen molar-refractivity contribution in [2.75, 3.05) is 6.54 Å². The third kappa shape index (κ3) is 4.37. The van der Waals surface area contributed by atoms with Crippen LogP contribution in [0.15, 0.2) is 58.6 Å². The predicted molar refractivity (Wildman–Crippen MR) is 106 cm³/mol. The van der Waals surface area contributed by atoms with E-state index in [-0.39, 0.29) is 30.7 Å². The van der Waals surface area contributed by atoms with Gasteiger partial charge < -0.3 is 15.1 Å². The number of nitrogens with zero attached hydrogens (tertiary/aromatic N) is 1. The van der Waals surface area contributed by atoms with Crippen LogP contribution in [-0.4, -0.2) is 39.3 Å². The van der Waals surface area contributed by atoms with Gasteiger partial charge in [0.2, 0.25) is 0 Å². The quantitative estimate of drug-likeness (QED) is 0.386. The van der Waals surface area contributed by atoms with Gasteiger partial charge in [-0.25, -0.2) is 4.39 Å². The van der Waals surface area contributed by atoms with E-state index in [0.29, 0.717) is 11.1 Å². The molecule has 0 bridgehead atoms. The van der Waals surface area contributed by atoms with Gasteiger partial charge in [-0.3, -0.25) is 14.4 Å². The van der Waals surface area contributed by atoms with Crippen LogP contribution in [0.2, 0.25) is 0 Å². The maximum Gasteiger partial charge on any atom is 0.303 e. The summed E-state index contributed by atoms with van der Waals surface area (Å²) in [6.45, 7) is 0.00995.